The van der Waals surface area contributed by atoms with Gasteiger partial charge in [-0.2, -0.15) is 5.10 Å². The molecule has 2 aromatic heterocycles. The summed E-state index contributed by atoms with van der Waals surface area (Å²) < 4.78 is 2.09. The second kappa shape index (κ2) is 9.38. The highest BCUT2D eigenvalue weighted by Gasteiger charge is 2.27. The van der Waals surface area contributed by atoms with Gasteiger partial charge in [-0.3, -0.25) is 9.48 Å². The predicted molar refractivity (Wildman–Crippen MR) is 142 cm³/mol. The molecule has 2 heterocycles. The molecule has 188 valence electrons. The lowest BCUT2D eigenvalue weighted by Gasteiger charge is -2.30. The van der Waals surface area contributed by atoms with Crippen molar-refractivity contribution in [2.75, 3.05) is 5.32 Å². The number of aromatic nitrogens is 3. The molecular weight excluding hydrogens is 436 g/mol. The number of pyridine rings is 1. The molecule has 1 fully saturated rings. The number of carbonyl (C=O) groups excluding carboxylic acids is 1. The maximum atomic E-state index is 13.2. The van der Waals surface area contributed by atoms with E-state index in [4.69, 9.17) is 5.10 Å². The predicted octanol–water partition coefficient (Wildman–Crippen LogP) is 6.60. The normalized spacial score (nSPS) is 19.3. The number of nitrogens with one attached hydrogen (secondary N) is 1. The molecule has 0 bridgehead atoms. The van der Waals surface area contributed by atoms with Crippen molar-refractivity contribution in [2.45, 2.75) is 91.2 Å². The van der Waals surface area contributed by atoms with E-state index in [1.165, 1.54) is 12.8 Å². The van der Waals surface area contributed by atoms with Crippen molar-refractivity contribution < 1.29 is 9.90 Å². The molecule has 0 unspecified atom stereocenters. The maximum Gasteiger partial charge on any atom is 0.274 e. The van der Waals surface area contributed by atoms with Crippen LogP contribution >= 0.6 is 0 Å². The highest BCUT2D eigenvalue weighted by molar-refractivity contribution is 6.04. The summed E-state index contributed by atoms with van der Waals surface area (Å²) in [6, 6.07) is 9.75. The minimum absolute atomic E-state index is 0.156. The Morgan fingerprint density at radius 3 is 2.37 bits per heavy atom. The number of hydrogen-bond acceptors (Lipinski definition) is 4. The number of carbonyl (C=O) groups is 1. The molecule has 4 rings (SSSR count). The highest BCUT2D eigenvalue weighted by atomic mass is 16.3. The second-order valence-corrected chi connectivity index (χ2v) is 12.0. The summed E-state index contributed by atoms with van der Waals surface area (Å²) in [6.07, 6.45) is 6.81. The topological polar surface area (TPSA) is 80.0 Å². The van der Waals surface area contributed by atoms with Crippen LogP contribution in [0, 0.1) is 11.8 Å². The van der Waals surface area contributed by atoms with Crippen LogP contribution in [0.5, 0.6) is 0 Å². The standard InChI is InChI=1S/C29H40N4O2/c1-18(2)19-11-13-21(14-12-19)33-17-20-15-25(22(29(6,7)35)16-24(20)32-33)31-27(34)23-9-8-10-26(30-23)28(3,4)5/h8-10,15-19,21,35H,11-14H2,1-7H3,(H,31,34). The SMILES string of the molecule is CC(C)C1CCC(n2cc3cc(NC(=O)c4cccc(C(C)(C)C)n4)c(C(C)(C)O)cc3n2)CC1. The molecule has 1 aliphatic rings. The number of fused-ring (bicyclic) bond motifs is 1. The van der Waals surface area contributed by atoms with E-state index in [9.17, 15) is 9.90 Å². The number of anilines is 1. The summed E-state index contributed by atoms with van der Waals surface area (Å²) in [5.74, 6) is 1.23. The van der Waals surface area contributed by atoms with Crippen molar-refractivity contribution in [2.24, 2.45) is 11.8 Å². The van der Waals surface area contributed by atoms with Gasteiger partial charge in [0.1, 0.15) is 5.69 Å². The van der Waals surface area contributed by atoms with Crippen molar-refractivity contribution in [1.29, 1.82) is 0 Å². The molecule has 1 aromatic carbocycles. The van der Waals surface area contributed by atoms with Gasteiger partial charge in [0.05, 0.1) is 17.2 Å². The summed E-state index contributed by atoms with van der Waals surface area (Å²) in [5, 5.41) is 19.7. The van der Waals surface area contributed by atoms with E-state index >= 15 is 0 Å². The van der Waals surface area contributed by atoms with Crippen LogP contribution in [-0.2, 0) is 11.0 Å². The van der Waals surface area contributed by atoms with E-state index < -0.39 is 5.60 Å². The molecule has 6 nitrogen and oxygen atoms in total. The number of aliphatic hydroxyl groups is 1. The minimum Gasteiger partial charge on any atom is -0.386 e. The molecule has 35 heavy (non-hydrogen) atoms. The Hall–Kier alpha value is -2.73. The number of benzene rings is 1. The van der Waals surface area contributed by atoms with E-state index in [1.54, 1.807) is 19.9 Å². The van der Waals surface area contributed by atoms with E-state index in [-0.39, 0.29) is 11.3 Å². The molecule has 1 saturated carbocycles. The zero-order valence-corrected chi connectivity index (χ0v) is 22.2. The number of nitrogens with zero attached hydrogens (tertiary/aromatic N) is 3. The van der Waals surface area contributed by atoms with Crippen molar-refractivity contribution >= 4 is 22.5 Å². The highest BCUT2D eigenvalue weighted by Crippen LogP contribution is 2.37. The van der Waals surface area contributed by atoms with Gasteiger partial charge in [0, 0.05) is 33.9 Å². The lowest BCUT2D eigenvalue weighted by atomic mass is 9.80. The van der Waals surface area contributed by atoms with Gasteiger partial charge >= 0.3 is 0 Å². The lowest BCUT2D eigenvalue weighted by molar-refractivity contribution is 0.0793. The minimum atomic E-state index is -1.14. The van der Waals surface area contributed by atoms with E-state index in [1.807, 2.05) is 24.3 Å². The second-order valence-electron chi connectivity index (χ2n) is 12.0. The fraction of sp³-hybridized carbons (Fsp3) is 0.552. The maximum absolute atomic E-state index is 13.2. The van der Waals surface area contributed by atoms with Gasteiger partial charge < -0.3 is 10.4 Å². The van der Waals surface area contributed by atoms with Crippen LogP contribution in [0.1, 0.15) is 102 Å². The third-order valence-electron chi connectivity index (χ3n) is 7.38. The molecule has 0 aliphatic heterocycles. The number of hydrogen-bond donors (Lipinski definition) is 2. The fourth-order valence-corrected chi connectivity index (χ4v) is 5.09. The summed E-state index contributed by atoms with van der Waals surface area (Å²) >= 11 is 0. The van der Waals surface area contributed by atoms with Crippen LogP contribution in [0.2, 0.25) is 0 Å². The monoisotopic (exact) mass is 476 g/mol. The molecule has 0 atom stereocenters. The van der Waals surface area contributed by atoms with Crippen LogP contribution in [0.25, 0.3) is 10.9 Å². The fourth-order valence-electron chi connectivity index (χ4n) is 5.09. The van der Waals surface area contributed by atoms with Crippen LogP contribution in [0.4, 0.5) is 5.69 Å². The van der Waals surface area contributed by atoms with Crippen LogP contribution < -0.4 is 5.32 Å². The molecule has 0 spiro atoms. The average molecular weight is 477 g/mol. The Balaban J connectivity index is 1.64. The molecule has 0 radical (unpaired) electrons. The van der Waals surface area contributed by atoms with Gasteiger partial charge in [-0.25, -0.2) is 4.98 Å². The van der Waals surface area contributed by atoms with Crippen molar-refractivity contribution in [3.63, 3.8) is 0 Å². The molecule has 0 saturated heterocycles. The van der Waals surface area contributed by atoms with Gasteiger partial charge in [-0.05, 0) is 75.6 Å². The van der Waals surface area contributed by atoms with Crippen LogP contribution in [-0.4, -0.2) is 25.8 Å². The Morgan fingerprint density at radius 1 is 1.09 bits per heavy atom. The molecule has 2 N–H and O–H groups in total. The summed E-state index contributed by atoms with van der Waals surface area (Å²) in [7, 11) is 0. The van der Waals surface area contributed by atoms with Gasteiger partial charge in [-0.1, -0.05) is 40.7 Å². The first-order chi connectivity index (χ1) is 16.3. The molecular formula is C29H40N4O2. The average Bonchev–Trinajstić information content (AvgIpc) is 3.20. The smallest absolute Gasteiger partial charge is 0.274 e. The van der Waals surface area contributed by atoms with Crippen molar-refractivity contribution in [1.82, 2.24) is 14.8 Å². The first-order valence-corrected chi connectivity index (χ1v) is 12.9. The Labute approximate surface area is 209 Å². The zero-order valence-electron chi connectivity index (χ0n) is 22.2. The van der Waals surface area contributed by atoms with Crippen molar-refractivity contribution in [3.05, 3.63) is 53.5 Å². The quantitative estimate of drug-likeness (QED) is 0.435. The van der Waals surface area contributed by atoms with Gasteiger partial charge in [-0.15, -0.1) is 0 Å². The third kappa shape index (κ3) is 5.58. The number of amides is 1. The molecule has 3 aromatic rings. The first kappa shape index (κ1) is 25.4. The third-order valence-corrected chi connectivity index (χ3v) is 7.38. The molecule has 1 aliphatic carbocycles. The van der Waals surface area contributed by atoms with Crippen molar-refractivity contribution in [3.8, 4) is 0 Å². The van der Waals surface area contributed by atoms with E-state index in [0.29, 0.717) is 23.0 Å². The van der Waals surface area contributed by atoms with E-state index in [0.717, 1.165) is 41.3 Å². The number of rotatable bonds is 5. The zero-order chi connectivity index (χ0) is 25.5. The lowest BCUT2D eigenvalue weighted by Crippen LogP contribution is -2.22. The van der Waals surface area contributed by atoms with Crippen LogP contribution in [0.3, 0.4) is 0 Å². The Bertz CT molecular complexity index is 1210. The summed E-state index contributed by atoms with van der Waals surface area (Å²) in [4.78, 5) is 17.8. The Morgan fingerprint density at radius 2 is 1.77 bits per heavy atom. The van der Waals surface area contributed by atoms with Crippen LogP contribution in [0.15, 0.2) is 36.5 Å². The van der Waals surface area contributed by atoms with Gasteiger partial charge in [0.15, 0.2) is 0 Å². The first-order valence-electron chi connectivity index (χ1n) is 12.9. The van der Waals surface area contributed by atoms with Gasteiger partial charge in [0.25, 0.3) is 5.91 Å². The largest absolute Gasteiger partial charge is 0.386 e. The van der Waals surface area contributed by atoms with Gasteiger partial charge in [0.2, 0.25) is 0 Å². The molecule has 6 heteroatoms. The van der Waals surface area contributed by atoms with E-state index in [2.05, 4.69) is 55.8 Å². The summed E-state index contributed by atoms with van der Waals surface area (Å²) in [5.41, 5.74) is 1.97. The Kier molecular flexibility index (Phi) is 6.80. The summed E-state index contributed by atoms with van der Waals surface area (Å²) in [6.45, 7) is 14.3. The molecule has 1 amide bonds.